The molecule has 0 aliphatic carbocycles. The van der Waals surface area contributed by atoms with Crippen molar-refractivity contribution in [3.8, 4) is 0 Å². The summed E-state index contributed by atoms with van der Waals surface area (Å²) in [6.45, 7) is 12.0. The molecule has 3 heterocycles. The van der Waals surface area contributed by atoms with Gasteiger partial charge in [-0.25, -0.2) is 4.98 Å². The van der Waals surface area contributed by atoms with Crippen LogP contribution >= 0.6 is 0 Å². The summed E-state index contributed by atoms with van der Waals surface area (Å²) in [4.78, 5) is 21.6. The van der Waals surface area contributed by atoms with Crippen LogP contribution in [0.2, 0.25) is 0 Å². The molecule has 1 aromatic rings. The fourth-order valence-electron chi connectivity index (χ4n) is 3.78. The molecule has 0 radical (unpaired) electrons. The molecule has 2 aliphatic rings. The molecule has 2 aliphatic heterocycles. The van der Waals surface area contributed by atoms with E-state index in [1.54, 1.807) is 6.20 Å². The van der Waals surface area contributed by atoms with Crippen LogP contribution in [0, 0.1) is 11.8 Å². The lowest BCUT2D eigenvalue weighted by Crippen LogP contribution is -2.32. The molecule has 1 N–H and O–H groups in total. The van der Waals surface area contributed by atoms with E-state index in [-0.39, 0.29) is 5.91 Å². The summed E-state index contributed by atoms with van der Waals surface area (Å²) in [5.41, 5.74) is 0.636. The fourth-order valence-corrected chi connectivity index (χ4v) is 3.78. The third-order valence-corrected chi connectivity index (χ3v) is 5.10. The monoisotopic (exact) mass is 360 g/mol. The van der Waals surface area contributed by atoms with Crippen LogP contribution in [-0.4, -0.2) is 68.3 Å². The Bertz CT molecular complexity index is 568. The Morgan fingerprint density at radius 1 is 1.31 bits per heavy atom. The largest absolute Gasteiger partial charge is 0.380 e. The van der Waals surface area contributed by atoms with E-state index >= 15 is 0 Å². The van der Waals surface area contributed by atoms with E-state index < -0.39 is 0 Å². The van der Waals surface area contributed by atoms with Crippen molar-refractivity contribution in [3.05, 3.63) is 23.9 Å². The van der Waals surface area contributed by atoms with E-state index in [9.17, 15) is 4.79 Å². The first-order valence-electron chi connectivity index (χ1n) is 9.91. The van der Waals surface area contributed by atoms with Crippen LogP contribution in [0.5, 0.6) is 0 Å². The molecular formula is C20H32N4O2. The molecule has 26 heavy (non-hydrogen) atoms. The maximum absolute atomic E-state index is 12.4. The number of carbonyl (C=O) groups is 1. The smallest absolute Gasteiger partial charge is 0.252 e. The molecule has 3 rings (SSSR count). The van der Waals surface area contributed by atoms with E-state index in [0.717, 1.165) is 64.7 Å². The average molecular weight is 361 g/mol. The van der Waals surface area contributed by atoms with Gasteiger partial charge in [0.05, 0.1) is 12.2 Å². The van der Waals surface area contributed by atoms with E-state index in [1.807, 2.05) is 12.1 Å². The van der Waals surface area contributed by atoms with Crippen LogP contribution < -0.4 is 10.2 Å². The molecule has 144 valence electrons. The number of amides is 1. The van der Waals surface area contributed by atoms with Crippen molar-refractivity contribution < 1.29 is 9.53 Å². The number of aromatic nitrogens is 1. The number of hydrogen-bond acceptors (Lipinski definition) is 5. The predicted molar refractivity (Wildman–Crippen MR) is 104 cm³/mol. The number of nitrogens with zero attached hydrogens (tertiary/aromatic N) is 3. The van der Waals surface area contributed by atoms with Gasteiger partial charge in [-0.2, -0.15) is 0 Å². The quantitative estimate of drug-likeness (QED) is 0.841. The highest BCUT2D eigenvalue weighted by Gasteiger charge is 2.23. The second-order valence-electron chi connectivity index (χ2n) is 7.88. The number of pyridine rings is 1. The zero-order valence-electron chi connectivity index (χ0n) is 16.1. The summed E-state index contributed by atoms with van der Waals surface area (Å²) in [6, 6.07) is 3.82. The second kappa shape index (κ2) is 9.33. The summed E-state index contributed by atoms with van der Waals surface area (Å²) >= 11 is 0. The van der Waals surface area contributed by atoms with Crippen molar-refractivity contribution in [2.75, 3.05) is 57.4 Å². The molecule has 1 amide bonds. The summed E-state index contributed by atoms with van der Waals surface area (Å²) < 4.78 is 5.48. The van der Waals surface area contributed by atoms with Crippen LogP contribution in [0.25, 0.3) is 0 Å². The second-order valence-corrected chi connectivity index (χ2v) is 7.88. The van der Waals surface area contributed by atoms with Gasteiger partial charge >= 0.3 is 0 Å². The van der Waals surface area contributed by atoms with Gasteiger partial charge in [0.1, 0.15) is 5.82 Å². The highest BCUT2D eigenvalue weighted by molar-refractivity contribution is 5.94. The summed E-state index contributed by atoms with van der Waals surface area (Å²) in [5, 5.41) is 3.08. The molecule has 6 heteroatoms. The van der Waals surface area contributed by atoms with Gasteiger partial charge in [0.2, 0.25) is 0 Å². The minimum atomic E-state index is -0.0226. The van der Waals surface area contributed by atoms with Crippen LogP contribution in [0.1, 0.15) is 37.0 Å². The standard InChI is InChI=1S/C20H32N4O2/c1-16(2)14-23-8-6-17(15-23)12-22-20(25)18-4-5-19(21-13-18)24-7-3-10-26-11-9-24/h4-5,13,16-17H,3,6-12,14-15H2,1-2H3,(H,22,25). The maximum atomic E-state index is 12.4. The minimum Gasteiger partial charge on any atom is -0.380 e. The molecule has 2 saturated heterocycles. The summed E-state index contributed by atoms with van der Waals surface area (Å²) in [7, 11) is 0. The molecule has 0 saturated carbocycles. The third-order valence-electron chi connectivity index (χ3n) is 5.10. The van der Waals surface area contributed by atoms with E-state index in [0.29, 0.717) is 17.4 Å². The van der Waals surface area contributed by atoms with Gasteiger partial charge in [0.25, 0.3) is 5.91 Å². The zero-order valence-corrected chi connectivity index (χ0v) is 16.1. The van der Waals surface area contributed by atoms with Gasteiger partial charge in [-0.3, -0.25) is 4.79 Å². The Balaban J connectivity index is 1.46. The summed E-state index contributed by atoms with van der Waals surface area (Å²) in [6.07, 6.45) is 3.87. The topological polar surface area (TPSA) is 57.7 Å². The molecule has 0 aromatic carbocycles. The van der Waals surface area contributed by atoms with Gasteiger partial charge in [0, 0.05) is 45.5 Å². The molecule has 6 nitrogen and oxygen atoms in total. The van der Waals surface area contributed by atoms with E-state index in [2.05, 4.69) is 33.9 Å². The van der Waals surface area contributed by atoms with Gasteiger partial charge in [-0.1, -0.05) is 13.8 Å². The van der Waals surface area contributed by atoms with E-state index in [4.69, 9.17) is 4.74 Å². The Kier molecular flexibility index (Phi) is 6.86. The molecule has 1 unspecified atom stereocenters. The Hall–Kier alpha value is -1.66. The van der Waals surface area contributed by atoms with Gasteiger partial charge < -0.3 is 19.9 Å². The summed E-state index contributed by atoms with van der Waals surface area (Å²) in [5.74, 6) is 2.16. The maximum Gasteiger partial charge on any atom is 0.252 e. The number of anilines is 1. The van der Waals surface area contributed by atoms with E-state index in [1.165, 1.54) is 6.42 Å². The Morgan fingerprint density at radius 3 is 2.96 bits per heavy atom. The van der Waals surface area contributed by atoms with Crippen molar-refractivity contribution in [2.24, 2.45) is 11.8 Å². The van der Waals surface area contributed by atoms with Crippen molar-refractivity contribution >= 4 is 11.7 Å². The first-order valence-corrected chi connectivity index (χ1v) is 9.91. The van der Waals surface area contributed by atoms with Gasteiger partial charge in [-0.05, 0) is 43.4 Å². The average Bonchev–Trinajstić information content (AvgIpc) is 2.90. The predicted octanol–water partition coefficient (Wildman–Crippen LogP) is 2.02. The number of hydrogen-bond donors (Lipinski definition) is 1. The van der Waals surface area contributed by atoms with Crippen LogP contribution in [0.3, 0.4) is 0 Å². The fraction of sp³-hybridized carbons (Fsp3) is 0.700. The number of carbonyl (C=O) groups excluding carboxylic acids is 1. The minimum absolute atomic E-state index is 0.0226. The SMILES string of the molecule is CC(C)CN1CCC(CNC(=O)c2ccc(N3CCCOCC3)nc2)C1. The van der Waals surface area contributed by atoms with Crippen molar-refractivity contribution in [2.45, 2.75) is 26.7 Å². The Labute approximate surface area is 156 Å². The Morgan fingerprint density at radius 2 is 2.19 bits per heavy atom. The lowest BCUT2D eigenvalue weighted by Gasteiger charge is -2.20. The lowest BCUT2D eigenvalue weighted by molar-refractivity contribution is 0.0947. The first kappa shape index (κ1) is 19.1. The normalized spacial score (nSPS) is 21.8. The van der Waals surface area contributed by atoms with Crippen molar-refractivity contribution in [1.82, 2.24) is 15.2 Å². The zero-order chi connectivity index (χ0) is 18.4. The van der Waals surface area contributed by atoms with Gasteiger partial charge in [-0.15, -0.1) is 0 Å². The number of ether oxygens (including phenoxy) is 1. The molecule has 2 fully saturated rings. The highest BCUT2D eigenvalue weighted by atomic mass is 16.5. The molecular weight excluding hydrogens is 328 g/mol. The number of likely N-dealkylation sites (tertiary alicyclic amines) is 1. The van der Waals surface area contributed by atoms with Gasteiger partial charge in [0.15, 0.2) is 0 Å². The number of nitrogens with one attached hydrogen (secondary N) is 1. The number of rotatable bonds is 6. The first-order chi connectivity index (χ1) is 12.6. The molecule has 0 spiro atoms. The van der Waals surface area contributed by atoms with Crippen LogP contribution in [0.4, 0.5) is 5.82 Å². The van der Waals surface area contributed by atoms with Crippen molar-refractivity contribution in [3.63, 3.8) is 0 Å². The van der Waals surface area contributed by atoms with Crippen LogP contribution in [0.15, 0.2) is 18.3 Å². The van der Waals surface area contributed by atoms with Crippen LogP contribution in [-0.2, 0) is 4.74 Å². The lowest BCUT2D eigenvalue weighted by atomic mass is 10.1. The molecule has 0 bridgehead atoms. The van der Waals surface area contributed by atoms with Crippen molar-refractivity contribution in [1.29, 1.82) is 0 Å². The highest BCUT2D eigenvalue weighted by Crippen LogP contribution is 2.17. The third kappa shape index (κ3) is 5.42. The molecule has 1 aromatic heterocycles. The molecule has 1 atom stereocenters.